The number of anilines is 1. The van der Waals surface area contributed by atoms with Gasteiger partial charge in [0.1, 0.15) is 33.9 Å². The van der Waals surface area contributed by atoms with Gasteiger partial charge in [-0.15, -0.1) is 0 Å². The first-order valence-corrected chi connectivity index (χ1v) is 8.19. The van der Waals surface area contributed by atoms with Crippen LogP contribution in [0.2, 0.25) is 15.5 Å². The summed E-state index contributed by atoms with van der Waals surface area (Å²) in [4.78, 5) is 14.8. The number of rotatable bonds is 1. The highest BCUT2D eigenvalue weighted by atomic mass is 35.5. The molecule has 7 nitrogen and oxygen atoms in total. The first-order chi connectivity index (χ1) is 11.6. The van der Waals surface area contributed by atoms with Gasteiger partial charge in [0.05, 0.1) is 0 Å². The van der Waals surface area contributed by atoms with Gasteiger partial charge in [-0.1, -0.05) is 34.8 Å². The molecule has 2 aromatic rings. The van der Waals surface area contributed by atoms with Crippen LogP contribution in [0.4, 0.5) is 5.82 Å². The SMILES string of the molecule is C1CCOC1.CN.CNc1cc(Cl)ncn1.Clc1cc(Cl)ncn1. The van der Waals surface area contributed by atoms with E-state index < -0.39 is 0 Å². The van der Waals surface area contributed by atoms with E-state index in [-0.39, 0.29) is 0 Å². The zero-order chi connectivity index (χ0) is 18.2. The molecule has 1 aliphatic heterocycles. The fraction of sp³-hybridized carbons (Fsp3) is 0.429. The Morgan fingerprint density at radius 1 is 0.875 bits per heavy atom. The van der Waals surface area contributed by atoms with Crippen molar-refractivity contribution in [1.82, 2.24) is 19.9 Å². The molecule has 0 bridgehead atoms. The van der Waals surface area contributed by atoms with Crippen molar-refractivity contribution < 1.29 is 4.74 Å². The van der Waals surface area contributed by atoms with Crippen LogP contribution in [0, 0.1) is 0 Å². The average Bonchev–Trinajstić information content (AvgIpc) is 3.17. The van der Waals surface area contributed by atoms with E-state index in [9.17, 15) is 0 Å². The molecular formula is C14H21Cl3N6O. The number of hydrogen-bond acceptors (Lipinski definition) is 7. The van der Waals surface area contributed by atoms with Crippen molar-refractivity contribution in [2.45, 2.75) is 12.8 Å². The van der Waals surface area contributed by atoms with Crippen molar-refractivity contribution in [1.29, 1.82) is 0 Å². The molecule has 24 heavy (non-hydrogen) atoms. The van der Waals surface area contributed by atoms with Gasteiger partial charge in [0.25, 0.3) is 0 Å². The van der Waals surface area contributed by atoms with Crippen LogP contribution in [0.15, 0.2) is 24.8 Å². The highest BCUT2D eigenvalue weighted by Gasteiger charge is 1.94. The molecule has 1 fully saturated rings. The van der Waals surface area contributed by atoms with E-state index in [2.05, 4.69) is 31.0 Å². The minimum Gasteiger partial charge on any atom is -0.381 e. The number of aromatic nitrogens is 4. The third kappa shape index (κ3) is 12.2. The van der Waals surface area contributed by atoms with Gasteiger partial charge in [-0.3, -0.25) is 0 Å². The second-order valence-corrected chi connectivity index (χ2v) is 5.12. The van der Waals surface area contributed by atoms with Crippen LogP contribution in [0.5, 0.6) is 0 Å². The monoisotopic (exact) mass is 394 g/mol. The van der Waals surface area contributed by atoms with Gasteiger partial charge < -0.3 is 15.8 Å². The number of halogens is 3. The Labute approximate surface area is 156 Å². The lowest BCUT2D eigenvalue weighted by molar-refractivity contribution is 0.198. The lowest BCUT2D eigenvalue weighted by atomic mass is 10.4. The van der Waals surface area contributed by atoms with Crippen LogP contribution >= 0.6 is 34.8 Å². The lowest BCUT2D eigenvalue weighted by Crippen LogP contribution is -1.91. The third-order valence-electron chi connectivity index (χ3n) is 2.32. The number of nitrogens with two attached hydrogens (primary N) is 1. The average molecular weight is 396 g/mol. The number of ether oxygens (including phenoxy) is 1. The quantitative estimate of drug-likeness (QED) is 0.714. The fourth-order valence-corrected chi connectivity index (χ4v) is 1.79. The summed E-state index contributed by atoms with van der Waals surface area (Å²) in [5, 5.41) is 4.02. The van der Waals surface area contributed by atoms with Crippen LogP contribution in [-0.2, 0) is 4.74 Å². The molecule has 1 saturated heterocycles. The minimum atomic E-state index is 0.366. The normalized spacial score (nSPS) is 11.8. The van der Waals surface area contributed by atoms with E-state index in [4.69, 9.17) is 39.5 Å². The van der Waals surface area contributed by atoms with Gasteiger partial charge in [0.2, 0.25) is 0 Å². The molecule has 0 spiro atoms. The molecule has 3 N–H and O–H groups in total. The van der Waals surface area contributed by atoms with Crippen molar-refractivity contribution in [3.8, 4) is 0 Å². The van der Waals surface area contributed by atoms with E-state index in [1.54, 1.807) is 13.1 Å². The molecule has 3 heterocycles. The van der Waals surface area contributed by atoms with Crippen LogP contribution in [0.25, 0.3) is 0 Å². The number of nitrogens with one attached hydrogen (secondary N) is 1. The molecule has 10 heteroatoms. The number of nitrogens with zero attached hydrogens (tertiary/aromatic N) is 4. The summed E-state index contributed by atoms with van der Waals surface area (Å²) in [7, 11) is 3.28. The number of hydrogen-bond donors (Lipinski definition) is 2. The Hall–Kier alpha value is -1.25. The van der Waals surface area contributed by atoms with E-state index in [0.29, 0.717) is 15.5 Å². The summed E-state index contributed by atoms with van der Waals surface area (Å²) < 4.78 is 4.94. The Kier molecular flexibility index (Phi) is 14.5. The zero-order valence-corrected chi connectivity index (χ0v) is 15.8. The summed E-state index contributed by atoms with van der Waals surface area (Å²) in [6.45, 7) is 2.00. The van der Waals surface area contributed by atoms with Crippen LogP contribution in [-0.4, -0.2) is 47.2 Å². The summed E-state index contributed by atoms with van der Waals surface area (Å²) >= 11 is 16.4. The van der Waals surface area contributed by atoms with Gasteiger partial charge in [-0.05, 0) is 19.9 Å². The van der Waals surface area contributed by atoms with Crippen molar-refractivity contribution in [3.05, 3.63) is 40.2 Å². The zero-order valence-electron chi connectivity index (χ0n) is 13.5. The van der Waals surface area contributed by atoms with Crippen LogP contribution in [0.3, 0.4) is 0 Å². The predicted octanol–water partition coefficient (Wildman–Crippen LogP) is 3.33. The summed E-state index contributed by atoms with van der Waals surface area (Å²) in [5.74, 6) is 0.731. The first-order valence-electron chi connectivity index (χ1n) is 7.05. The molecule has 0 aromatic carbocycles. The van der Waals surface area contributed by atoms with E-state index in [0.717, 1.165) is 19.0 Å². The third-order valence-corrected chi connectivity index (χ3v) is 2.94. The smallest absolute Gasteiger partial charge is 0.134 e. The van der Waals surface area contributed by atoms with Crippen LogP contribution < -0.4 is 11.1 Å². The van der Waals surface area contributed by atoms with Gasteiger partial charge in [-0.25, -0.2) is 19.9 Å². The maximum Gasteiger partial charge on any atom is 0.134 e. The van der Waals surface area contributed by atoms with E-state index in [1.165, 1.54) is 38.6 Å². The summed E-state index contributed by atoms with van der Waals surface area (Å²) in [6.07, 6.45) is 5.28. The minimum absolute atomic E-state index is 0.366. The maximum absolute atomic E-state index is 5.53. The Balaban J connectivity index is 0.000000324. The van der Waals surface area contributed by atoms with Crippen molar-refractivity contribution in [2.24, 2.45) is 5.73 Å². The largest absolute Gasteiger partial charge is 0.381 e. The Morgan fingerprint density at radius 2 is 1.33 bits per heavy atom. The lowest BCUT2D eigenvalue weighted by Gasteiger charge is -1.95. The molecule has 0 aliphatic carbocycles. The molecule has 0 unspecified atom stereocenters. The summed E-state index contributed by atoms with van der Waals surface area (Å²) in [6, 6.07) is 3.13. The van der Waals surface area contributed by atoms with Gasteiger partial charge in [-0.2, -0.15) is 0 Å². The first kappa shape index (κ1) is 22.8. The highest BCUT2D eigenvalue weighted by Crippen LogP contribution is 2.07. The van der Waals surface area contributed by atoms with E-state index in [1.807, 2.05) is 0 Å². The standard InChI is InChI=1S/C5H6ClN3.C4H2Cl2N2.C4H8O.CH5N/c1-7-5-2-4(6)8-3-9-5;5-3-1-4(6)8-2-7-3;1-2-4-5-3-1;1-2/h2-3H,1H3,(H,7,8,9);1-2H;1-4H2;2H2,1H3. The maximum atomic E-state index is 5.53. The summed E-state index contributed by atoms with van der Waals surface area (Å²) in [5.41, 5.74) is 4.50. The fourth-order valence-electron chi connectivity index (χ4n) is 1.29. The van der Waals surface area contributed by atoms with Crippen molar-refractivity contribution in [3.63, 3.8) is 0 Å². The molecule has 3 rings (SSSR count). The molecule has 2 aromatic heterocycles. The van der Waals surface area contributed by atoms with Crippen LogP contribution in [0.1, 0.15) is 12.8 Å². The Morgan fingerprint density at radius 3 is 1.58 bits per heavy atom. The highest BCUT2D eigenvalue weighted by molar-refractivity contribution is 6.33. The molecule has 0 amide bonds. The second kappa shape index (κ2) is 15.3. The molecule has 134 valence electrons. The molecule has 0 saturated carbocycles. The molecular weight excluding hydrogens is 375 g/mol. The van der Waals surface area contributed by atoms with Gasteiger partial charge >= 0.3 is 0 Å². The van der Waals surface area contributed by atoms with Gasteiger partial charge in [0.15, 0.2) is 0 Å². The second-order valence-electron chi connectivity index (χ2n) is 3.96. The topological polar surface area (TPSA) is 98.8 Å². The predicted molar refractivity (Wildman–Crippen MR) is 98.8 cm³/mol. The van der Waals surface area contributed by atoms with Crippen molar-refractivity contribution in [2.75, 3.05) is 32.6 Å². The molecule has 1 aliphatic rings. The Bertz CT molecular complexity index is 533. The molecule has 0 atom stereocenters. The van der Waals surface area contributed by atoms with E-state index >= 15 is 0 Å². The van der Waals surface area contributed by atoms with Gasteiger partial charge in [0, 0.05) is 32.4 Å². The van der Waals surface area contributed by atoms with Crippen molar-refractivity contribution >= 4 is 40.6 Å². The molecule has 0 radical (unpaired) electrons.